The Labute approximate surface area is 217 Å². The van der Waals surface area contributed by atoms with Crippen LogP contribution in [0.1, 0.15) is 43.4 Å². The number of carbonyl (C=O) groups excluding carboxylic acids is 1. The summed E-state index contributed by atoms with van der Waals surface area (Å²) < 4.78 is 1.58. The molecule has 2 aliphatic rings. The average Bonchev–Trinajstić information content (AvgIpc) is 3.47. The summed E-state index contributed by atoms with van der Waals surface area (Å²) in [7, 11) is 1.91. The average molecular weight is 590 g/mol. The third kappa shape index (κ3) is 4.99. The number of likely N-dealkylation sites (N-methyl/N-ethyl adjacent to an activating group) is 1. The molecule has 0 unspecified atom stereocenters. The van der Waals surface area contributed by atoms with Crippen LogP contribution in [0.25, 0.3) is 11.5 Å². The number of anilines is 3. The first-order valence-corrected chi connectivity index (χ1v) is 13.5. The number of halogens is 1. The van der Waals surface area contributed by atoms with Gasteiger partial charge in [0, 0.05) is 37.6 Å². The minimum absolute atomic E-state index is 0.0635. The summed E-state index contributed by atoms with van der Waals surface area (Å²) in [6.07, 6.45) is 9.53. The van der Waals surface area contributed by atoms with Crippen molar-refractivity contribution in [2.45, 2.75) is 44.9 Å². The second-order valence-electron chi connectivity index (χ2n) is 8.66. The molecule has 3 aromatic rings. The van der Waals surface area contributed by atoms with E-state index in [-0.39, 0.29) is 12.5 Å². The fourth-order valence-electron chi connectivity index (χ4n) is 4.46. The third-order valence-corrected chi connectivity index (χ3v) is 8.50. The Morgan fingerprint density at radius 2 is 1.91 bits per heavy atom. The highest BCUT2D eigenvalue weighted by atomic mass is 127. The van der Waals surface area contributed by atoms with Crippen LogP contribution < -0.4 is 12.9 Å². The summed E-state index contributed by atoms with van der Waals surface area (Å²) in [5.74, 6) is 1.35. The second kappa shape index (κ2) is 10.5. The van der Waals surface area contributed by atoms with Crippen molar-refractivity contribution in [1.82, 2.24) is 25.1 Å². The summed E-state index contributed by atoms with van der Waals surface area (Å²) in [6.45, 7) is 2.20. The van der Waals surface area contributed by atoms with Crippen molar-refractivity contribution in [3.63, 3.8) is 0 Å². The lowest BCUT2D eigenvalue weighted by Crippen LogP contribution is -2.34. The van der Waals surface area contributed by atoms with Crippen LogP contribution in [0.2, 0.25) is 0 Å². The highest BCUT2D eigenvalue weighted by Crippen LogP contribution is 2.32. The normalized spacial score (nSPS) is 15.6. The van der Waals surface area contributed by atoms with Gasteiger partial charge in [-0.25, -0.2) is 13.1 Å². The Bertz CT molecular complexity index is 1150. The molecule has 0 aromatic carbocycles. The van der Waals surface area contributed by atoms with Crippen molar-refractivity contribution in [1.29, 1.82) is 0 Å². The highest BCUT2D eigenvalue weighted by Gasteiger charge is 2.26. The quantitative estimate of drug-likeness (QED) is 0.314. The largest absolute Gasteiger partial charge is 0.350 e. The van der Waals surface area contributed by atoms with Gasteiger partial charge in [0.2, 0.25) is 10.3 Å². The van der Waals surface area contributed by atoms with Crippen molar-refractivity contribution in [2.75, 3.05) is 39.6 Å². The zero-order valence-corrected chi connectivity index (χ0v) is 22.1. The molecule has 4 heterocycles. The van der Waals surface area contributed by atoms with E-state index in [2.05, 4.69) is 20.1 Å². The van der Waals surface area contributed by atoms with Crippen LogP contribution in [0.4, 0.5) is 16.1 Å². The third-order valence-electron chi connectivity index (χ3n) is 6.21. The molecule has 3 aromatic heterocycles. The zero-order chi connectivity index (χ0) is 23.5. The van der Waals surface area contributed by atoms with Gasteiger partial charge in [-0.1, -0.05) is 30.2 Å². The molecule has 0 saturated carbocycles. The number of hydrogen-bond donors (Lipinski definition) is 0. The zero-order valence-electron chi connectivity index (χ0n) is 19.2. The predicted octanol–water partition coefficient (Wildman–Crippen LogP) is 4.08. The molecule has 5 rings (SSSR count). The van der Waals surface area contributed by atoms with Crippen molar-refractivity contribution in [2.24, 2.45) is 0 Å². The molecule has 9 nitrogen and oxygen atoms in total. The van der Waals surface area contributed by atoms with E-state index < -0.39 is 0 Å². The molecule has 1 fully saturated rings. The van der Waals surface area contributed by atoms with Crippen LogP contribution >= 0.6 is 34.2 Å². The van der Waals surface area contributed by atoms with Gasteiger partial charge in [0.1, 0.15) is 11.5 Å². The van der Waals surface area contributed by atoms with Gasteiger partial charge in [-0.15, -0.1) is 10.2 Å². The highest BCUT2D eigenvalue weighted by molar-refractivity contribution is 14.1. The van der Waals surface area contributed by atoms with Crippen molar-refractivity contribution in [3.8, 4) is 11.5 Å². The maximum atomic E-state index is 13.2. The van der Waals surface area contributed by atoms with Crippen LogP contribution in [0, 0.1) is 0 Å². The number of nitrogens with zero attached hydrogens (tertiary/aromatic N) is 8. The van der Waals surface area contributed by atoms with Crippen molar-refractivity contribution < 1.29 is 4.79 Å². The predicted molar refractivity (Wildman–Crippen MR) is 143 cm³/mol. The molecule has 1 saturated heterocycles. The van der Waals surface area contributed by atoms with Crippen LogP contribution in [-0.2, 0) is 17.6 Å². The molecule has 0 spiro atoms. The Kier molecular flexibility index (Phi) is 7.18. The van der Waals surface area contributed by atoms with Crippen molar-refractivity contribution >= 4 is 56.2 Å². The van der Waals surface area contributed by atoms with E-state index in [1.807, 2.05) is 53.0 Å². The first kappa shape index (κ1) is 23.3. The SMILES string of the molecule is CN(CC(=O)N(I)c1nnc(N2CCCCCC2)s1)c1nc(-c2ccccn2)nc2c1CCC2. The number of pyridine rings is 1. The van der Waals surface area contributed by atoms with Crippen LogP contribution in [-0.4, -0.2) is 57.7 Å². The topological polar surface area (TPSA) is 91.2 Å². The van der Waals surface area contributed by atoms with E-state index >= 15 is 0 Å². The molecular weight excluding hydrogens is 563 g/mol. The Morgan fingerprint density at radius 3 is 2.68 bits per heavy atom. The Balaban J connectivity index is 1.32. The van der Waals surface area contributed by atoms with Gasteiger partial charge in [-0.3, -0.25) is 9.78 Å². The molecule has 0 N–H and O–H groups in total. The lowest BCUT2D eigenvalue weighted by molar-refractivity contribution is -0.115. The maximum absolute atomic E-state index is 13.2. The van der Waals surface area contributed by atoms with Gasteiger partial charge in [0.15, 0.2) is 5.82 Å². The number of amides is 1. The summed E-state index contributed by atoms with van der Waals surface area (Å²) in [6, 6.07) is 5.72. The monoisotopic (exact) mass is 590 g/mol. The minimum atomic E-state index is -0.0635. The molecule has 178 valence electrons. The Morgan fingerprint density at radius 1 is 1.09 bits per heavy atom. The van der Waals surface area contributed by atoms with Gasteiger partial charge >= 0.3 is 0 Å². The molecule has 11 heteroatoms. The molecular formula is C23H27IN8OS. The molecule has 0 atom stereocenters. The fourth-order valence-corrected chi connectivity index (χ4v) is 5.83. The fraction of sp³-hybridized carbons (Fsp3) is 0.478. The standard InChI is InChI=1S/C23H27IN8OS/c1-30(21-16-9-8-11-17(16)26-20(27-21)18-10-4-5-12-25-18)15-19(33)32(24)23-29-28-22(34-23)31-13-6-2-3-7-14-31/h4-5,10,12H,2-3,6-9,11,13-15H2,1H3. The van der Waals surface area contributed by atoms with Crippen molar-refractivity contribution in [3.05, 3.63) is 35.7 Å². The second-order valence-corrected chi connectivity index (χ2v) is 10.6. The molecule has 1 amide bonds. The maximum Gasteiger partial charge on any atom is 0.257 e. The number of carbonyl (C=O) groups is 1. The van der Waals surface area contributed by atoms with Gasteiger partial charge < -0.3 is 9.80 Å². The van der Waals surface area contributed by atoms with Gasteiger partial charge in [0.05, 0.1) is 29.4 Å². The van der Waals surface area contributed by atoms with E-state index in [1.165, 1.54) is 37.0 Å². The lowest BCUT2D eigenvalue weighted by atomic mass is 10.2. The van der Waals surface area contributed by atoms with Crippen LogP contribution in [0.15, 0.2) is 24.4 Å². The molecule has 1 aliphatic carbocycles. The molecule has 1 aliphatic heterocycles. The number of aromatic nitrogens is 5. The first-order chi connectivity index (χ1) is 16.6. The summed E-state index contributed by atoms with van der Waals surface area (Å²) in [5.41, 5.74) is 2.93. The van der Waals surface area contributed by atoms with E-state index in [4.69, 9.17) is 9.97 Å². The number of hydrogen-bond acceptors (Lipinski definition) is 9. The lowest BCUT2D eigenvalue weighted by Gasteiger charge is -2.22. The summed E-state index contributed by atoms with van der Waals surface area (Å²) in [4.78, 5) is 31.4. The van der Waals surface area contributed by atoms with E-state index in [0.717, 1.165) is 60.3 Å². The van der Waals surface area contributed by atoms with E-state index in [1.54, 1.807) is 9.31 Å². The van der Waals surface area contributed by atoms with E-state index in [0.29, 0.717) is 11.0 Å². The minimum Gasteiger partial charge on any atom is -0.350 e. The molecule has 34 heavy (non-hydrogen) atoms. The molecule has 0 radical (unpaired) electrons. The van der Waals surface area contributed by atoms with Gasteiger partial charge in [-0.2, -0.15) is 0 Å². The Hall–Kier alpha value is -2.41. The first-order valence-electron chi connectivity index (χ1n) is 11.7. The van der Waals surface area contributed by atoms with Gasteiger partial charge in [-0.05, 0) is 44.2 Å². The summed E-state index contributed by atoms with van der Waals surface area (Å²) >= 11 is 3.51. The number of fused-ring (bicyclic) bond motifs is 1. The van der Waals surface area contributed by atoms with Gasteiger partial charge in [0.25, 0.3) is 5.91 Å². The molecule has 0 bridgehead atoms. The van der Waals surface area contributed by atoms with E-state index in [9.17, 15) is 4.79 Å². The van der Waals surface area contributed by atoms with Crippen LogP contribution in [0.5, 0.6) is 0 Å². The smallest absolute Gasteiger partial charge is 0.257 e. The number of rotatable bonds is 6. The van der Waals surface area contributed by atoms with Crippen LogP contribution in [0.3, 0.4) is 0 Å². The number of aryl methyl sites for hydroxylation is 1. The summed E-state index contributed by atoms with van der Waals surface area (Å²) in [5, 5.41) is 10.2.